The molecule has 0 unspecified atom stereocenters. The third-order valence-corrected chi connectivity index (χ3v) is 3.77. The number of halogens is 1. The van der Waals surface area contributed by atoms with E-state index in [9.17, 15) is 4.39 Å². The summed E-state index contributed by atoms with van der Waals surface area (Å²) in [4.78, 5) is 0. The van der Waals surface area contributed by atoms with E-state index in [1.807, 2.05) is 12.1 Å². The van der Waals surface area contributed by atoms with E-state index in [2.05, 4.69) is 48.6 Å². The van der Waals surface area contributed by atoms with Crippen molar-refractivity contribution in [2.45, 2.75) is 19.5 Å². The zero-order chi connectivity index (χ0) is 14.7. The number of nitrogens with one attached hydrogen (secondary N) is 1. The van der Waals surface area contributed by atoms with Crippen molar-refractivity contribution in [1.29, 1.82) is 0 Å². The Hall–Kier alpha value is -2.19. The molecule has 0 aliphatic rings. The van der Waals surface area contributed by atoms with E-state index in [1.165, 1.54) is 22.4 Å². The van der Waals surface area contributed by atoms with E-state index in [-0.39, 0.29) is 11.9 Å². The molecule has 0 heterocycles. The van der Waals surface area contributed by atoms with E-state index in [0.29, 0.717) is 6.54 Å². The van der Waals surface area contributed by atoms with E-state index >= 15 is 0 Å². The summed E-state index contributed by atoms with van der Waals surface area (Å²) < 4.78 is 13.2. The van der Waals surface area contributed by atoms with Crippen molar-refractivity contribution >= 4 is 10.8 Å². The molecule has 0 fully saturated rings. The maximum absolute atomic E-state index is 13.2. The Labute approximate surface area is 124 Å². The number of fused-ring (bicyclic) bond motifs is 1. The maximum atomic E-state index is 13.2. The molecule has 0 aromatic heterocycles. The lowest BCUT2D eigenvalue weighted by Crippen LogP contribution is -2.18. The molecule has 0 bridgehead atoms. The van der Waals surface area contributed by atoms with Gasteiger partial charge in [0.2, 0.25) is 0 Å². The predicted octanol–water partition coefficient (Wildman–Crippen LogP) is 4.83. The monoisotopic (exact) mass is 279 g/mol. The standard InChI is InChI=1S/C19H18FN/c1-14(21-13-15-5-4-8-19(20)11-15)17-10-9-16-6-2-3-7-18(16)12-17/h2-12,14,21H,13H2,1H3/t14-/m1/s1. The second-order valence-electron chi connectivity index (χ2n) is 5.34. The van der Waals surface area contributed by atoms with Crippen LogP contribution < -0.4 is 5.32 Å². The predicted molar refractivity (Wildman–Crippen MR) is 85.6 cm³/mol. The maximum Gasteiger partial charge on any atom is 0.123 e. The van der Waals surface area contributed by atoms with Crippen molar-refractivity contribution in [2.75, 3.05) is 0 Å². The lowest BCUT2D eigenvalue weighted by molar-refractivity contribution is 0.570. The van der Waals surface area contributed by atoms with E-state index in [0.717, 1.165) is 5.56 Å². The van der Waals surface area contributed by atoms with E-state index in [4.69, 9.17) is 0 Å². The number of rotatable bonds is 4. The van der Waals surface area contributed by atoms with Crippen LogP contribution in [-0.4, -0.2) is 0 Å². The molecular weight excluding hydrogens is 261 g/mol. The number of hydrogen-bond donors (Lipinski definition) is 1. The summed E-state index contributed by atoms with van der Waals surface area (Å²) in [5, 5.41) is 5.93. The van der Waals surface area contributed by atoms with Crippen LogP contribution >= 0.6 is 0 Å². The van der Waals surface area contributed by atoms with Gasteiger partial charge in [0.15, 0.2) is 0 Å². The molecule has 0 saturated carbocycles. The van der Waals surface area contributed by atoms with Gasteiger partial charge in [-0.15, -0.1) is 0 Å². The average Bonchev–Trinajstić information content (AvgIpc) is 2.52. The SMILES string of the molecule is C[C@@H](NCc1cccc(F)c1)c1ccc2ccccc2c1. The van der Waals surface area contributed by atoms with Gasteiger partial charge in [-0.1, -0.05) is 48.5 Å². The quantitative estimate of drug-likeness (QED) is 0.721. The Morgan fingerprint density at radius 3 is 2.52 bits per heavy atom. The topological polar surface area (TPSA) is 12.0 Å². The molecule has 21 heavy (non-hydrogen) atoms. The molecule has 0 saturated heterocycles. The van der Waals surface area contributed by atoms with Crippen LogP contribution in [0.15, 0.2) is 66.7 Å². The van der Waals surface area contributed by atoms with Crippen LogP contribution in [0.5, 0.6) is 0 Å². The van der Waals surface area contributed by atoms with Crippen LogP contribution in [-0.2, 0) is 6.54 Å². The molecule has 1 N–H and O–H groups in total. The molecule has 1 atom stereocenters. The van der Waals surface area contributed by atoms with Crippen LogP contribution in [0.1, 0.15) is 24.1 Å². The van der Waals surface area contributed by atoms with Gasteiger partial charge in [0.25, 0.3) is 0 Å². The van der Waals surface area contributed by atoms with Gasteiger partial charge in [0, 0.05) is 12.6 Å². The first-order valence-corrected chi connectivity index (χ1v) is 7.19. The lowest BCUT2D eigenvalue weighted by Gasteiger charge is -2.15. The Bertz CT molecular complexity index is 751. The first kappa shape index (κ1) is 13.8. The smallest absolute Gasteiger partial charge is 0.123 e. The lowest BCUT2D eigenvalue weighted by atomic mass is 10.0. The van der Waals surface area contributed by atoms with Crippen molar-refractivity contribution in [2.24, 2.45) is 0 Å². The summed E-state index contributed by atoms with van der Waals surface area (Å²) in [6.07, 6.45) is 0. The first-order chi connectivity index (χ1) is 10.2. The third kappa shape index (κ3) is 3.29. The second-order valence-corrected chi connectivity index (χ2v) is 5.34. The highest BCUT2D eigenvalue weighted by atomic mass is 19.1. The minimum Gasteiger partial charge on any atom is -0.306 e. The third-order valence-electron chi connectivity index (χ3n) is 3.77. The summed E-state index contributed by atoms with van der Waals surface area (Å²) in [7, 11) is 0. The Kier molecular flexibility index (Phi) is 3.98. The largest absolute Gasteiger partial charge is 0.306 e. The molecule has 0 amide bonds. The normalized spacial score (nSPS) is 12.5. The molecule has 0 radical (unpaired) electrons. The second kappa shape index (κ2) is 6.06. The number of hydrogen-bond acceptors (Lipinski definition) is 1. The van der Waals surface area contributed by atoms with Gasteiger partial charge in [-0.3, -0.25) is 0 Å². The zero-order valence-electron chi connectivity index (χ0n) is 12.0. The zero-order valence-corrected chi connectivity index (χ0v) is 12.0. The average molecular weight is 279 g/mol. The fourth-order valence-electron chi connectivity index (χ4n) is 2.51. The van der Waals surface area contributed by atoms with Crippen molar-refractivity contribution < 1.29 is 4.39 Å². The van der Waals surface area contributed by atoms with Gasteiger partial charge in [0.05, 0.1) is 0 Å². The molecular formula is C19H18FN. The highest BCUT2D eigenvalue weighted by Crippen LogP contribution is 2.20. The first-order valence-electron chi connectivity index (χ1n) is 7.19. The molecule has 1 nitrogen and oxygen atoms in total. The summed E-state index contributed by atoms with van der Waals surface area (Å²) in [6, 6.07) is 21.8. The van der Waals surface area contributed by atoms with Crippen molar-refractivity contribution in [1.82, 2.24) is 5.32 Å². The van der Waals surface area contributed by atoms with Gasteiger partial charge in [0.1, 0.15) is 5.82 Å². The number of benzene rings is 3. The van der Waals surface area contributed by atoms with Crippen molar-refractivity contribution in [3.05, 3.63) is 83.7 Å². The molecule has 3 aromatic carbocycles. The van der Waals surface area contributed by atoms with Crippen LogP contribution in [0.3, 0.4) is 0 Å². The molecule has 0 spiro atoms. The summed E-state index contributed by atoms with van der Waals surface area (Å²) in [6.45, 7) is 2.79. The Balaban J connectivity index is 1.73. The Morgan fingerprint density at radius 2 is 1.71 bits per heavy atom. The molecule has 3 rings (SSSR count). The fraction of sp³-hybridized carbons (Fsp3) is 0.158. The van der Waals surface area contributed by atoms with Crippen molar-refractivity contribution in [3.8, 4) is 0 Å². The molecule has 106 valence electrons. The highest BCUT2D eigenvalue weighted by Gasteiger charge is 2.06. The molecule has 0 aliphatic heterocycles. The molecule has 2 heteroatoms. The van der Waals surface area contributed by atoms with E-state index in [1.54, 1.807) is 12.1 Å². The summed E-state index contributed by atoms with van der Waals surface area (Å²) in [5.41, 5.74) is 2.20. The minimum absolute atomic E-state index is 0.187. The molecule has 3 aromatic rings. The highest BCUT2D eigenvalue weighted by molar-refractivity contribution is 5.83. The van der Waals surface area contributed by atoms with Crippen molar-refractivity contribution in [3.63, 3.8) is 0 Å². The van der Waals surface area contributed by atoms with Gasteiger partial charge < -0.3 is 5.32 Å². The van der Waals surface area contributed by atoms with Crippen LogP contribution in [0.4, 0.5) is 4.39 Å². The van der Waals surface area contributed by atoms with Crippen LogP contribution in [0, 0.1) is 5.82 Å². The van der Waals surface area contributed by atoms with Crippen LogP contribution in [0.2, 0.25) is 0 Å². The summed E-state index contributed by atoms with van der Waals surface area (Å²) >= 11 is 0. The van der Waals surface area contributed by atoms with E-state index < -0.39 is 0 Å². The van der Waals surface area contributed by atoms with Gasteiger partial charge in [-0.25, -0.2) is 4.39 Å². The minimum atomic E-state index is -0.187. The summed E-state index contributed by atoms with van der Waals surface area (Å²) in [5.74, 6) is -0.187. The van der Waals surface area contributed by atoms with Gasteiger partial charge in [-0.2, -0.15) is 0 Å². The van der Waals surface area contributed by atoms with Crippen LogP contribution in [0.25, 0.3) is 10.8 Å². The van der Waals surface area contributed by atoms with Gasteiger partial charge >= 0.3 is 0 Å². The Morgan fingerprint density at radius 1 is 0.905 bits per heavy atom. The molecule has 0 aliphatic carbocycles. The fourth-order valence-corrected chi connectivity index (χ4v) is 2.51. The van der Waals surface area contributed by atoms with Gasteiger partial charge in [-0.05, 0) is 47.0 Å².